The quantitative estimate of drug-likeness (QED) is 0.629. The van der Waals surface area contributed by atoms with E-state index in [1.54, 1.807) is 0 Å². The van der Waals surface area contributed by atoms with Crippen molar-refractivity contribution in [3.8, 4) is 0 Å². The molecule has 0 heterocycles. The highest BCUT2D eigenvalue weighted by Crippen LogP contribution is 2.06. The molecular formula is C15H33N3O2. The largest absolute Gasteiger partial charge is 0.444 e. The lowest BCUT2D eigenvalue weighted by atomic mass is 10.1. The van der Waals surface area contributed by atoms with E-state index < -0.39 is 5.60 Å². The number of ether oxygens (including phenoxy) is 1. The molecule has 120 valence electrons. The summed E-state index contributed by atoms with van der Waals surface area (Å²) in [7, 11) is 0. The van der Waals surface area contributed by atoms with Crippen molar-refractivity contribution in [2.24, 2.45) is 0 Å². The van der Waals surface area contributed by atoms with Crippen LogP contribution in [0.1, 0.15) is 54.9 Å². The Hall–Kier alpha value is -0.810. The number of hydrogen-bond donors (Lipinski definition) is 3. The average molecular weight is 287 g/mol. The molecule has 0 aliphatic rings. The molecule has 0 aromatic rings. The number of carbonyl (C=O) groups is 1. The van der Waals surface area contributed by atoms with Crippen LogP contribution in [0.2, 0.25) is 0 Å². The van der Waals surface area contributed by atoms with E-state index in [0.717, 1.165) is 26.1 Å². The van der Waals surface area contributed by atoms with Crippen LogP contribution in [0.25, 0.3) is 0 Å². The molecule has 1 atom stereocenters. The molecule has 0 aliphatic heterocycles. The van der Waals surface area contributed by atoms with Crippen molar-refractivity contribution in [2.75, 3.05) is 19.6 Å². The molecule has 0 fully saturated rings. The maximum atomic E-state index is 11.6. The van der Waals surface area contributed by atoms with E-state index in [4.69, 9.17) is 4.74 Å². The highest BCUT2D eigenvalue weighted by atomic mass is 16.6. The van der Waals surface area contributed by atoms with Gasteiger partial charge in [0.2, 0.25) is 0 Å². The van der Waals surface area contributed by atoms with Crippen LogP contribution < -0.4 is 16.0 Å². The molecule has 1 unspecified atom stereocenters. The fraction of sp³-hybridized carbons (Fsp3) is 0.933. The van der Waals surface area contributed by atoms with Crippen LogP contribution in [-0.2, 0) is 4.74 Å². The van der Waals surface area contributed by atoms with Crippen molar-refractivity contribution in [1.29, 1.82) is 0 Å². The first-order valence-corrected chi connectivity index (χ1v) is 7.45. The van der Waals surface area contributed by atoms with Crippen LogP contribution in [0.5, 0.6) is 0 Å². The van der Waals surface area contributed by atoms with Gasteiger partial charge in [0.25, 0.3) is 0 Å². The van der Waals surface area contributed by atoms with E-state index in [-0.39, 0.29) is 17.7 Å². The smallest absolute Gasteiger partial charge is 0.407 e. The van der Waals surface area contributed by atoms with Crippen molar-refractivity contribution >= 4 is 6.09 Å². The average Bonchev–Trinajstić information content (AvgIpc) is 2.18. The summed E-state index contributed by atoms with van der Waals surface area (Å²) in [6.45, 7) is 16.8. The maximum absolute atomic E-state index is 11.6. The summed E-state index contributed by atoms with van der Waals surface area (Å²) >= 11 is 0. The van der Waals surface area contributed by atoms with Gasteiger partial charge in [0.1, 0.15) is 5.60 Å². The second-order valence-corrected chi connectivity index (χ2v) is 7.26. The Labute approximate surface area is 124 Å². The van der Waals surface area contributed by atoms with Gasteiger partial charge in [-0.2, -0.15) is 0 Å². The third-order valence-corrected chi connectivity index (χ3v) is 2.47. The van der Waals surface area contributed by atoms with Gasteiger partial charge in [0, 0.05) is 24.7 Å². The molecule has 0 rings (SSSR count). The summed E-state index contributed by atoms with van der Waals surface area (Å²) in [5, 5.41) is 9.61. The topological polar surface area (TPSA) is 62.4 Å². The summed E-state index contributed by atoms with van der Waals surface area (Å²) in [4.78, 5) is 11.6. The summed E-state index contributed by atoms with van der Waals surface area (Å²) in [5.41, 5.74) is -0.284. The molecule has 0 aromatic carbocycles. The molecule has 5 nitrogen and oxygen atoms in total. The number of rotatable bonds is 7. The number of amides is 1. The molecule has 3 N–H and O–H groups in total. The standard InChI is InChI=1S/C15H33N3O2/c1-12(18-13(19)20-15(5,6)7)8-9-16-10-11-17-14(2,3)4/h12,16-17H,8-11H2,1-7H3,(H,18,19). The second-order valence-electron chi connectivity index (χ2n) is 7.26. The predicted molar refractivity (Wildman–Crippen MR) is 84.1 cm³/mol. The van der Waals surface area contributed by atoms with E-state index in [1.807, 2.05) is 27.7 Å². The number of nitrogens with one attached hydrogen (secondary N) is 3. The summed E-state index contributed by atoms with van der Waals surface area (Å²) in [6.07, 6.45) is 0.536. The summed E-state index contributed by atoms with van der Waals surface area (Å²) in [6, 6.07) is 0.105. The van der Waals surface area contributed by atoms with Crippen molar-refractivity contribution in [1.82, 2.24) is 16.0 Å². The van der Waals surface area contributed by atoms with Gasteiger partial charge in [-0.3, -0.25) is 0 Å². The van der Waals surface area contributed by atoms with Gasteiger partial charge in [0.15, 0.2) is 0 Å². The highest BCUT2D eigenvalue weighted by Gasteiger charge is 2.17. The second kappa shape index (κ2) is 8.47. The molecule has 0 aromatic heterocycles. The zero-order valence-corrected chi connectivity index (χ0v) is 14.2. The lowest BCUT2D eigenvalue weighted by Crippen LogP contribution is -2.41. The van der Waals surface area contributed by atoms with Gasteiger partial charge in [0.05, 0.1) is 0 Å². The molecule has 20 heavy (non-hydrogen) atoms. The number of carbonyl (C=O) groups excluding carboxylic acids is 1. The van der Waals surface area contributed by atoms with Crippen LogP contribution in [0.4, 0.5) is 4.79 Å². The molecular weight excluding hydrogens is 254 g/mol. The summed E-state index contributed by atoms with van der Waals surface area (Å²) in [5.74, 6) is 0. The Bertz CT molecular complexity index is 280. The van der Waals surface area contributed by atoms with E-state index in [0.29, 0.717) is 0 Å². The van der Waals surface area contributed by atoms with Crippen molar-refractivity contribution in [3.63, 3.8) is 0 Å². The first-order chi connectivity index (χ1) is 8.99. The molecule has 5 heteroatoms. The minimum Gasteiger partial charge on any atom is -0.444 e. The molecule has 0 saturated heterocycles. The van der Waals surface area contributed by atoms with E-state index in [9.17, 15) is 4.79 Å². The van der Waals surface area contributed by atoms with Crippen LogP contribution in [0.15, 0.2) is 0 Å². The van der Waals surface area contributed by atoms with Crippen LogP contribution in [-0.4, -0.2) is 42.9 Å². The van der Waals surface area contributed by atoms with Crippen LogP contribution in [0.3, 0.4) is 0 Å². The fourth-order valence-corrected chi connectivity index (χ4v) is 1.55. The number of hydrogen-bond acceptors (Lipinski definition) is 4. The van der Waals surface area contributed by atoms with Gasteiger partial charge in [-0.05, 0) is 61.4 Å². The van der Waals surface area contributed by atoms with E-state index in [1.165, 1.54) is 0 Å². The minimum atomic E-state index is -0.444. The van der Waals surface area contributed by atoms with Crippen molar-refractivity contribution in [2.45, 2.75) is 72.1 Å². The van der Waals surface area contributed by atoms with E-state index in [2.05, 4.69) is 36.7 Å². The lowest BCUT2D eigenvalue weighted by molar-refractivity contribution is 0.0506. The molecule has 0 bridgehead atoms. The zero-order valence-electron chi connectivity index (χ0n) is 14.2. The Morgan fingerprint density at radius 2 is 1.65 bits per heavy atom. The van der Waals surface area contributed by atoms with Crippen LogP contribution >= 0.6 is 0 Å². The SMILES string of the molecule is CC(CCNCCNC(C)(C)C)NC(=O)OC(C)(C)C. The maximum Gasteiger partial charge on any atom is 0.407 e. The molecule has 0 spiro atoms. The molecule has 0 aliphatic carbocycles. The number of alkyl carbamates (subject to hydrolysis) is 1. The molecule has 0 radical (unpaired) electrons. The fourth-order valence-electron chi connectivity index (χ4n) is 1.55. The summed E-state index contributed by atoms with van der Waals surface area (Å²) < 4.78 is 5.21. The first-order valence-electron chi connectivity index (χ1n) is 7.45. The molecule has 0 saturated carbocycles. The highest BCUT2D eigenvalue weighted by molar-refractivity contribution is 5.67. The normalized spacial score (nSPS) is 13.9. The van der Waals surface area contributed by atoms with Crippen molar-refractivity contribution < 1.29 is 9.53 Å². The predicted octanol–water partition coefficient (Wildman–Crippen LogP) is 2.27. The van der Waals surface area contributed by atoms with E-state index >= 15 is 0 Å². The zero-order chi connectivity index (χ0) is 15.8. The van der Waals surface area contributed by atoms with Gasteiger partial charge in [-0.15, -0.1) is 0 Å². The third kappa shape index (κ3) is 13.6. The Kier molecular flexibility index (Phi) is 8.13. The Balaban J connectivity index is 3.59. The minimum absolute atomic E-state index is 0.105. The Morgan fingerprint density at radius 1 is 1.05 bits per heavy atom. The van der Waals surface area contributed by atoms with Gasteiger partial charge < -0.3 is 20.7 Å². The van der Waals surface area contributed by atoms with Gasteiger partial charge >= 0.3 is 6.09 Å². The monoisotopic (exact) mass is 287 g/mol. The van der Waals surface area contributed by atoms with Gasteiger partial charge in [-0.1, -0.05) is 0 Å². The third-order valence-electron chi connectivity index (χ3n) is 2.47. The van der Waals surface area contributed by atoms with Gasteiger partial charge in [-0.25, -0.2) is 4.79 Å². The first kappa shape index (κ1) is 19.2. The molecule has 1 amide bonds. The van der Waals surface area contributed by atoms with Crippen molar-refractivity contribution in [3.05, 3.63) is 0 Å². The lowest BCUT2D eigenvalue weighted by Gasteiger charge is -2.22. The Morgan fingerprint density at radius 3 is 2.15 bits per heavy atom. The van der Waals surface area contributed by atoms with Crippen LogP contribution in [0, 0.1) is 0 Å².